The van der Waals surface area contributed by atoms with Crippen molar-refractivity contribution in [2.24, 2.45) is 5.10 Å². The summed E-state index contributed by atoms with van der Waals surface area (Å²) < 4.78 is 35.9. The summed E-state index contributed by atoms with van der Waals surface area (Å²) in [6.45, 7) is 1.23. The van der Waals surface area contributed by atoms with Gasteiger partial charge in [0.15, 0.2) is 0 Å². The van der Waals surface area contributed by atoms with E-state index in [4.69, 9.17) is 0 Å². The molecular formula is C12H11F3N2O2. The van der Waals surface area contributed by atoms with Crippen molar-refractivity contribution in [1.29, 1.82) is 0 Å². The lowest BCUT2D eigenvalue weighted by atomic mass is 10.2. The Bertz CT molecular complexity index is 495. The SMILES string of the molecule is CC(CC(=O)C(F)(F)F)=NNC(=O)c1ccccc1. The van der Waals surface area contributed by atoms with Crippen molar-refractivity contribution in [2.45, 2.75) is 19.5 Å². The maximum Gasteiger partial charge on any atom is 0.450 e. The second-order valence-corrected chi connectivity index (χ2v) is 3.75. The van der Waals surface area contributed by atoms with Gasteiger partial charge in [0.1, 0.15) is 0 Å². The van der Waals surface area contributed by atoms with Crippen LogP contribution in [0.4, 0.5) is 13.2 Å². The number of rotatable bonds is 4. The first-order valence-corrected chi connectivity index (χ1v) is 5.29. The topological polar surface area (TPSA) is 58.5 Å². The standard InChI is InChI=1S/C12H11F3N2O2/c1-8(7-10(18)12(13,14)15)16-17-11(19)9-5-3-2-4-6-9/h2-6H,7H2,1H3,(H,17,19). The van der Waals surface area contributed by atoms with E-state index in [1.807, 2.05) is 0 Å². The molecule has 102 valence electrons. The van der Waals surface area contributed by atoms with Crippen molar-refractivity contribution in [2.75, 3.05) is 0 Å². The number of carbonyl (C=O) groups excluding carboxylic acids is 2. The van der Waals surface area contributed by atoms with E-state index in [0.717, 1.165) is 0 Å². The minimum absolute atomic E-state index is 0.119. The van der Waals surface area contributed by atoms with Crippen LogP contribution in [-0.4, -0.2) is 23.6 Å². The summed E-state index contributed by atoms with van der Waals surface area (Å²) in [5.74, 6) is -2.46. The van der Waals surface area contributed by atoms with E-state index < -0.39 is 24.3 Å². The summed E-state index contributed by atoms with van der Waals surface area (Å²) in [6, 6.07) is 8.05. The van der Waals surface area contributed by atoms with Crippen LogP contribution in [0.1, 0.15) is 23.7 Å². The number of halogens is 3. The second kappa shape index (κ2) is 6.12. The van der Waals surface area contributed by atoms with Crippen molar-refractivity contribution in [3.8, 4) is 0 Å². The first-order chi connectivity index (χ1) is 8.80. The minimum atomic E-state index is -4.89. The highest BCUT2D eigenvalue weighted by molar-refractivity contribution is 6.03. The zero-order valence-corrected chi connectivity index (χ0v) is 9.99. The predicted octanol–water partition coefficient (Wildman–Crippen LogP) is 2.31. The Morgan fingerprint density at radius 2 is 1.79 bits per heavy atom. The Hall–Kier alpha value is -2.18. The maximum atomic E-state index is 12.0. The smallest absolute Gasteiger partial charge is 0.289 e. The van der Waals surface area contributed by atoms with Crippen LogP contribution in [-0.2, 0) is 4.79 Å². The van der Waals surface area contributed by atoms with E-state index >= 15 is 0 Å². The van der Waals surface area contributed by atoms with Gasteiger partial charge in [0.25, 0.3) is 5.91 Å². The predicted molar refractivity (Wildman–Crippen MR) is 62.7 cm³/mol. The number of amides is 1. The molecule has 1 aromatic carbocycles. The molecule has 1 N–H and O–H groups in total. The normalized spacial score (nSPS) is 12.1. The molecule has 19 heavy (non-hydrogen) atoms. The summed E-state index contributed by atoms with van der Waals surface area (Å²) in [4.78, 5) is 22.2. The average molecular weight is 272 g/mol. The van der Waals surface area contributed by atoms with Gasteiger partial charge in [-0.3, -0.25) is 9.59 Å². The summed E-state index contributed by atoms with van der Waals surface area (Å²) in [7, 11) is 0. The molecule has 0 atom stereocenters. The van der Waals surface area contributed by atoms with Crippen LogP contribution < -0.4 is 5.43 Å². The molecule has 0 bridgehead atoms. The molecule has 0 aliphatic rings. The van der Waals surface area contributed by atoms with Crippen molar-refractivity contribution in [3.05, 3.63) is 35.9 Å². The molecule has 0 heterocycles. The Morgan fingerprint density at radius 3 is 2.32 bits per heavy atom. The zero-order valence-electron chi connectivity index (χ0n) is 9.99. The lowest BCUT2D eigenvalue weighted by Crippen LogP contribution is -2.26. The zero-order chi connectivity index (χ0) is 14.5. The van der Waals surface area contributed by atoms with E-state index in [0.29, 0.717) is 5.56 Å². The number of nitrogens with zero attached hydrogens (tertiary/aromatic N) is 1. The molecule has 0 unspecified atom stereocenters. The number of Topliss-reactive ketones (excluding diaryl/α,β-unsaturated/α-hetero) is 1. The van der Waals surface area contributed by atoms with Crippen LogP contribution >= 0.6 is 0 Å². The first-order valence-electron chi connectivity index (χ1n) is 5.29. The van der Waals surface area contributed by atoms with E-state index in [9.17, 15) is 22.8 Å². The number of hydrazone groups is 1. The average Bonchev–Trinajstić information content (AvgIpc) is 2.35. The number of benzene rings is 1. The maximum absolute atomic E-state index is 12.0. The van der Waals surface area contributed by atoms with Gasteiger partial charge in [0, 0.05) is 11.3 Å². The van der Waals surface area contributed by atoms with Gasteiger partial charge >= 0.3 is 6.18 Å². The highest BCUT2D eigenvalue weighted by Crippen LogP contribution is 2.17. The highest BCUT2D eigenvalue weighted by Gasteiger charge is 2.37. The molecule has 1 amide bonds. The quantitative estimate of drug-likeness (QED) is 0.675. The summed E-state index contributed by atoms with van der Waals surface area (Å²) >= 11 is 0. The second-order valence-electron chi connectivity index (χ2n) is 3.75. The molecule has 4 nitrogen and oxygen atoms in total. The molecule has 1 rings (SSSR count). The molecule has 7 heteroatoms. The molecule has 0 spiro atoms. The third-order valence-corrected chi connectivity index (χ3v) is 2.12. The summed E-state index contributed by atoms with van der Waals surface area (Å²) in [6.07, 6.45) is -5.77. The fourth-order valence-corrected chi connectivity index (χ4v) is 1.17. The molecule has 0 aliphatic carbocycles. The monoisotopic (exact) mass is 272 g/mol. The first kappa shape index (κ1) is 14.9. The van der Waals surface area contributed by atoms with E-state index in [1.54, 1.807) is 18.2 Å². The number of hydrogen-bond acceptors (Lipinski definition) is 3. The van der Waals surface area contributed by atoms with Crippen LogP contribution in [0.3, 0.4) is 0 Å². The van der Waals surface area contributed by atoms with Crippen molar-refractivity contribution < 1.29 is 22.8 Å². The molecule has 0 aromatic heterocycles. The summed E-state index contributed by atoms with van der Waals surface area (Å²) in [5.41, 5.74) is 2.29. The third kappa shape index (κ3) is 4.90. The van der Waals surface area contributed by atoms with Gasteiger partial charge < -0.3 is 0 Å². The highest BCUT2D eigenvalue weighted by atomic mass is 19.4. The van der Waals surface area contributed by atoms with Gasteiger partial charge in [0.05, 0.1) is 6.42 Å². The largest absolute Gasteiger partial charge is 0.450 e. The van der Waals surface area contributed by atoms with Crippen LogP contribution in [0.15, 0.2) is 35.4 Å². The minimum Gasteiger partial charge on any atom is -0.289 e. The van der Waals surface area contributed by atoms with Gasteiger partial charge in [-0.15, -0.1) is 0 Å². The summed E-state index contributed by atoms with van der Waals surface area (Å²) in [5, 5.41) is 3.45. The van der Waals surface area contributed by atoms with E-state index in [1.165, 1.54) is 19.1 Å². The van der Waals surface area contributed by atoms with Crippen LogP contribution in [0.5, 0.6) is 0 Å². The van der Waals surface area contributed by atoms with Crippen molar-refractivity contribution in [1.82, 2.24) is 5.43 Å². The fraction of sp³-hybridized carbons (Fsp3) is 0.250. The third-order valence-electron chi connectivity index (χ3n) is 2.12. The lowest BCUT2D eigenvalue weighted by Gasteiger charge is -2.05. The van der Waals surface area contributed by atoms with E-state index in [-0.39, 0.29) is 5.71 Å². The van der Waals surface area contributed by atoms with Gasteiger partial charge in [-0.1, -0.05) is 18.2 Å². The molecule has 0 aliphatic heterocycles. The number of ketones is 1. The molecule has 0 fully saturated rings. The lowest BCUT2D eigenvalue weighted by molar-refractivity contribution is -0.169. The van der Waals surface area contributed by atoms with Gasteiger partial charge in [-0.05, 0) is 19.1 Å². The van der Waals surface area contributed by atoms with Crippen LogP contribution in [0, 0.1) is 0 Å². The Balaban J connectivity index is 2.58. The number of hydrogen-bond donors (Lipinski definition) is 1. The molecule has 0 saturated carbocycles. The fourth-order valence-electron chi connectivity index (χ4n) is 1.17. The van der Waals surface area contributed by atoms with Crippen molar-refractivity contribution in [3.63, 3.8) is 0 Å². The van der Waals surface area contributed by atoms with Gasteiger partial charge in [-0.25, -0.2) is 5.43 Å². The molecule has 1 aromatic rings. The van der Waals surface area contributed by atoms with Crippen LogP contribution in [0.2, 0.25) is 0 Å². The van der Waals surface area contributed by atoms with Gasteiger partial charge in [-0.2, -0.15) is 18.3 Å². The van der Waals surface area contributed by atoms with E-state index in [2.05, 4.69) is 10.5 Å². The number of alkyl halides is 3. The molecule has 0 saturated heterocycles. The van der Waals surface area contributed by atoms with Crippen molar-refractivity contribution >= 4 is 17.4 Å². The van der Waals surface area contributed by atoms with Gasteiger partial charge in [0.2, 0.25) is 5.78 Å². The Morgan fingerprint density at radius 1 is 1.21 bits per heavy atom. The number of carbonyl (C=O) groups is 2. The Kier molecular flexibility index (Phi) is 4.80. The van der Waals surface area contributed by atoms with Crippen LogP contribution in [0.25, 0.3) is 0 Å². The number of nitrogens with one attached hydrogen (secondary N) is 1. The molecule has 0 radical (unpaired) electrons. The molecular weight excluding hydrogens is 261 g/mol. The Labute approximate surface area is 107 Å².